The molecule has 0 bridgehead atoms. The van der Waals surface area contributed by atoms with Gasteiger partial charge >= 0.3 is 5.97 Å². The van der Waals surface area contributed by atoms with E-state index in [4.69, 9.17) is 9.52 Å². The van der Waals surface area contributed by atoms with Crippen LogP contribution in [0, 0.1) is 17.0 Å². The molecule has 1 amide bonds. The van der Waals surface area contributed by atoms with Crippen LogP contribution < -0.4 is 5.32 Å². The van der Waals surface area contributed by atoms with E-state index in [0.717, 1.165) is 17.7 Å². The number of amides is 1. The molecule has 0 aliphatic carbocycles. The maximum atomic E-state index is 12.1. The normalized spacial score (nSPS) is 10.8. The van der Waals surface area contributed by atoms with E-state index in [1.54, 1.807) is 31.2 Å². The number of aromatic carboxylic acids is 1. The van der Waals surface area contributed by atoms with Crippen LogP contribution in [-0.4, -0.2) is 27.0 Å². The highest BCUT2D eigenvalue weighted by atomic mass is 16.6. The van der Waals surface area contributed by atoms with Crippen LogP contribution in [0.3, 0.4) is 0 Å². The monoisotopic (exact) mass is 408 g/mol. The van der Waals surface area contributed by atoms with E-state index in [-0.39, 0.29) is 22.7 Å². The number of aryl methyl sites for hydroxylation is 1. The third-order valence-electron chi connectivity index (χ3n) is 4.14. The van der Waals surface area contributed by atoms with Gasteiger partial charge in [0, 0.05) is 17.8 Å². The second kappa shape index (κ2) is 8.31. The van der Waals surface area contributed by atoms with Gasteiger partial charge in [0.15, 0.2) is 0 Å². The van der Waals surface area contributed by atoms with Crippen LogP contribution in [0.2, 0.25) is 0 Å². The molecule has 9 nitrogen and oxygen atoms in total. The van der Waals surface area contributed by atoms with Crippen molar-refractivity contribution in [1.82, 2.24) is 0 Å². The van der Waals surface area contributed by atoms with Gasteiger partial charge in [0.25, 0.3) is 5.69 Å². The van der Waals surface area contributed by atoms with E-state index < -0.39 is 22.5 Å². The van der Waals surface area contributed by atoms with Crippen LogP contribution in [0.25, 0.3) is 17.4 Å². The van der Waals surface area contributed by atoms with E-state index >= 15 is 0 Å². The third kappa shape index (κ3) is 4.53. The van der Waals surface area contributed by atoms with Crippen LogP contribution >= 0.6 is 0 Å². The summed E-state index contributed by atoms with van der Waals surface area (Å²) in [5, 5.41) is 32.2. The van der Waals surface area contributed by atoms with Crippen molar-refractivity contribution >= 4 is 29.3 Å². The Hall–Kier alpha value is -4.40. The number of carboxylic acid groups (broad SMARTS) is 1. The average molecular weight is 408 g/mol. The molecule has 0 saturated heterocycles. The highest BCUT2D eigenvalue weighted by molar-refractivity contribution is 6.02. The van der Waals surface area contributed by atoms with Gasteiger partial charge in [-0.1, -0.05) is 6.07 Å². The minimum absolute atomic E-state index is 0.0841. The number of nitrogens with one attached hydrogen (secondary N) is 1. The van der Waals surface area contributed by atoms with E-state index in [2.05, 4.69) is 5.32 Å². The van der Waals surface area contributed by atoms with E-state index in [9.17, 15) is 24.8 Å². The Bertz CT molecular complexity index is 1180. The number of nitro benzene ring substituents is 1. The molecule has 3 aromatic rings. The number of hydrogen-bond donors (Lipinski definition) is 3. The number of aromatic hydroxyl groups is 1. The molecule has 30 heavy (non-hydrogen) atoms. The maximum absolute atomic E-state index is 12.1. The molecule has 9 heteroatoms. The van der Waals surface area contributed by atoms with E-state index in [0.29, 0.717) is 11.3 Å². The molecule has 0 spiro atoms. The minimum atomic E-state index is -1.33. The van der Waals surface area contributed by atoms with Crippen LogP contribution in [0.5, 0.6) is 5.75 Å². The number of carboxylic acids is 1. The van der Waals surface area contributed by atoms with Gasteiger partial charge in [0.1, 0.15) is 22.8 Å². The van der Waals surface area contributed by atoms with Crippen molar-refractivity contribution in [3.8, 4) is 17.1 Å². The molecule has 0 radical (unpaired) electrons. The topological polar surface area (TPSA) is 143 Å². The van der Waals surface area contributed by atoms with Crippen molar-refractivity contribution in [2.24, 2.45) is 0 Å². The third-order valence-corrected chi connectivity index (χ3v) is 4.14. The Kier molecular flexibility index (Phi) is 5.63. The predicted molar refractivity (Wildman–Crippen MR) is 108 cm³/mol. The molecule has 0 saturated carbocycles. The molecule has 0 aliphatic heterocycles. The summed E-state index contributed by atoms with van der Waals surface area (Å²) in [4.78, 5) is 33.9. The molecular formula is C21H16N2O7. The second-order valence-corrected chi connectivity index (χ2v) is 6.34. The van der Waals surface area contributed by atoms with Gasteiger partial charge in [-0.25, -0.2) is 4.79 Å². The Morgan fingerprint density at radius 1 is 1.13 bits per heavy atom. The number of carbonyl (C=O) groups excluding carboxylic acids is 1. The number of benzene rings is 2. The number of nitro groups is 1. The number of phenols is 1. The Morgan fingerprint density at radius 2 is 1.90 bits per heavy atom. The maximum Gasteiger partial charge on any atom is 0.339 e. The summed E-state index contributed by atoms with van der Waals surface area (Å²) in [6, 6.07) is 11.5. The number of rotatable bonds is 6. The van der Waals surface area contributed by atoms with Gasteiger partial charge in [-0.2, -0.15) is 0 Å². The number of carbonyl (C=O) groups is 2. The Balaban J connectivity index is 1.75. The fourth-order valence-corrected chi connectivity index (χ4v) is 2.72. The van der Waals surface area contributed by atoms with Gasteiger partial charge in [-0.3, -0.25) is 14.9 Å². The summed E-state index contributed by atoms with van der Waals surface area (Å²) >= 11 is 0. The molecule has 3 N–H and O–H groups in total. The smallest absolute Gasteiger partial charge is 0.339 e. The highest BCUT2D eigenvalue weighted by Crippen LogP contribution is 2.32. The molecule has 3 rings (SSSR count). The number of hydrogen-bond acceptors (Lipinski definition) is 6. The SMILES string of the molecule is Cc1ccc(-c2ccc(/C=C/C(=O)Nc3ccc(O)c(C(=O)O)c3)o2)c([N+](=O)[O-])c1. The highest BCUT2D eigenvalue weighted by Gasteiger charge is 2.18. The number of anilines is 1. The standard InChI is InChI=1S/C21H16N2O7/c1-12-2-6-15(17(10-12)23(28)29)19-8-4-14(30-19)5-9-20(25)22-13-3-7-18(24)16(11-13)21(26)27/h2-11,24H,1H3,(H,22,25)(H,26,27)/b9-5+. The van der Waals surface area contributed by atoms with E-state index in [1.807, 2.05) is 0 Å². The van der Waals surface area contributed by atoms with Crippen molar-refractivity contribution < 1.29 is 29.1 Å². The number of nitrogens with zero attached hydrogens (tertiary/aromatic N) is 1. The fourth-order valence-electron chi connectivity index (χ4n) is 2.72. The van der Waals surface area contributed by atoms with Crippen molar-refractivity contribution in [1.29, 1.82) is 0 Å². The van der Waals surface area contributed by atoms with Crippen molar-refractivity contribution in [2.75, 3.05) is 5.32 Å². The van der Waals surface area contributed by atoms with Gasteiger partial charge < -0.3 is 19.9 Å². The molecule has 2 aromatic carbocycles. The first-order chi connectivity index (χ1) is 14.2. The summed E-state index contributed by atoms with van der Waals surface area (Å²) in [6.07, 6.45) is 2.54. The molecule has 0 unspecified atom stereocenters. The predicted octanol–water partition coefficient (Wildman–Crippen LogP) is 4.22. The summed E-state index contributed by atoms with van der Waals surface area (Å²) in [5.41, 5.74) is 0.829. The minimum Gasteiger partial charge on any atom is -0.507 e. The fraction of sp³-hybridized carbons (Fsp3) is 0.0476. The van der Waals surface area contributed by atoms with Gasteiger partial charge in [-0.05, 0) is 55.0 Å². The summed E-state index contributed by atoms with van der Waals surface area (Å²) in [5.74, 6) is -1.72. The molecule has 1 aromatic heterocycles. The zero-order chi connectivity index (χ0) is 21.8. The van der Waals surface area contributed by atoms with Gasteiger partial charge in [0.2, 0.25) is 5.91 Å². The zero-order valence-electron chi connectivity index (χ0n) is 15.7. The average Bonchev–Trinajstić information content (AvgIpc) is 3.16. The Labute approximate surface area is 170 Å². The van der Waals surface area contributed by atoms with Crippen molar-refractivity contribution in [2.45, 2.75) is 6.92 Å². The zero-order valence-corrected chi connectivity index (χ0v) is 15.7. The number of furan rings is 1. The van der Waals surface area contributed by atoms with Gasteiger partial charge in [-0.15, -0.1) is 0 Å². The lowest BCUT2D eigenvalue weighted by Crippen LogP contribution is -2.08. The quantitative estimate of drug-likeness (QED) is 0.240. The molecule has 0 fully saturated rings. The molecule has 1 heterocycles. The lowest BCUT2D eigenvalue weighted by atomic mass is 10.1. The van der Waals surface area contributed by atoms with Crippen LogP contribution in [0.1, 0.15) is 21.7 Å². The first-order valence-electron chi connectivity index (χ1n) is 8.65. The second-order valence-electron chi connectivity index (χ2n) is 6.34. The lowest BCUT2D eigenvalue weighted by Gasteiger charge is -2.05. The van der Waals surface area contributed by atoms with Crippen LogP contribution in [-0.2, 0) is 4.79 Å². The summed E-state index contributed by atoms with van der Waals surface area (Å²) in [6.45, 7) is 1.75. The molecule has 152 valence electrons. The van der Waals surface area contributed by atoms with Gasteiger partial charge in [0.05, 0.1) is 10.5 Å². The Morgan fingerprint density at radius 3 is 2.60 bits per heavy atom. The van der Waals surface area contributed by atoms with Crippen LogP contribution in [0.4, 0.5) is 11.4 Å². The van der Waals surface area contributed by atoms with E-state index in [1.165, 1.54) is 24.3 Å². The largest absolute Gasteiger partial charge is 0.507 e. The molecule has 0 aliphatic rings. The lowest BCUT2D eigenvalue weighted by molar-refractivity contribution is -0.384. The summed E-state index contributed by atoms with van der Waals surface area (Å²) < 4.78 is 5.59. The van der Waals surface area contributed by atoms with Crippen molar-refractivity contribution in [3.05, 3.63) is 81.6 Å². The molecular weight excluding hydrogens is 392 g/mol. The molecule has 0 atom stereocenters. The van der Waals surface area contributed by atoms with Crippen molar-refractivity contribution in [3.63, 3.8) is 0 Å². The van der Waals surface area contributed by atoms with Crippen LogP contribution in [0.15, 0.2) is 59.0 Å². The first-order valence-corrected chi connectivity index (χ1v) is 8.65. The first kappa shape index (κ1) is 20.3. The summed E-state index contributed by atoms with van der Waals surface area (Å²) in [7, 11) is 0.